The van der Waals surface area contributed by atoms with Crippen LogP contribution in [-0.2, 0) is 5.75 Å². The lowest BCUT2D eigenvalue weighted by molar-refractivity contribution is 0.415. The van der Waals surface area contributed by atoms with Crippen molar-refractivity contribution in [3.05, 3.63) is 96.2 Å². The number of imidazole rings is 1. The van der Waals surface area contributed by atoms with Crippen molar-refractivity contribution in [1.82, 2.24) is 9.55 Å². The minimum Gasteiger partial charge on any atom is -0.497 e. The van der Waals surface area contributed by atoms with Gasteiger partial charge in [-0.15, -0.1) is 0 Å². The molecule has 0 aliphatic carbocycles. The number of rotatable bonds is 7. The van der Waals surface area contributed by atoms with Gasteiger partial charge in [-0.3, -0.25) is 8.96 Å². The van der Waals surface area contributed by atoms with Crippen LogP contribution in [0.4, 0.5) is 24.7 Å². The molecule has 1 aromatic heterocycles. The predicted octanol–water partition coefficient (Wildman–Crippen LogP) is 6.81. The maximum Gasteiger partial charge on any atom is 0.174 e. The van der Waals surface area contributed by atoms with Gasteiger partial charge in [-0.25, -0.2) is 13.8 Å². The van der Waals surface area contributed by atoms with Crippen molar-refractivity contribution in [2.45, 2.75) is 10.9 Å². The number of thioether (sulfide) groups is 1. The summed E-state index contributed by atoms with van der Waals surface area (Å²) in [7, 11) is 4.05. The number of hydrogen-bond acceptors (Lipinski definition) is 4. The van der Waals surface area contributed by atoms with Crippen molar-refractivity contribution >= 4 is 23.3 Å². The molecule has 0 bridgehead atoms. The Kier molecular flexibility index (Phi) is 8.43. The van der Waals surface area contributed by atoms with Crippen LogP contribution in [0.25, 0.3) is 5.69 Å². The van der Waals surface area contributed by atoms with Gasteiger partial charge in [0, 0.05) is 30.2 Å². The first-order valence-electron chi connectivity index (χ1n) is 10.0. The maximum atomic E-state index is 14.1. The minimum atomic E-state index is -0.313. The second-order valence-electron chi connectivity index (χ2n) is 6.85. The summed E-state index contributed by atoms with van der Waals surface area (Å²) in [6.07, 6.45) is 1.76. The topological polar surface area (TPSA) is 30.3 Å². The van der Waals surface area contributed by atoms with Crippen LogP contribution in [-0.4, -0.2) is 30.9 Å². The second-order valence-corrected chi connectivity index (χ2v) is 7.79. The lowest BCUT2D eigenvalue weighted by Crippen LogP contribution is -2.14. The maximum absolute atomic E-state index is 14.1. The zero-order valence-corrected chi connectivity index (χ0v) is 19.3. The van der Waals surface area contributed by atoms with E-state index in [9.17, 15) is 13.2 Å². The van der Waals surface area contributed by atoms with Crippen LogP contribution >= 0.6 is 11.8 Å². The standard InChI is InChI=1S/C24H21F2N3OS.CH3F/c1-28(20-7-5-8-21(14-20)30-2)23-15-27-24(29(23)19-12-10-18(25)11-13-19)31-16-17-6-3-4-9-22(17)26;1-2/h3-15H,16H2,1-2H3;1H3. The Morgan fingerprint density at radius 2 is 1.70 bits per heavy atom. The van der Waals surface area contributed by atoms with E-state index in [1.807, 2.05) is 46.8 Å². The average molecular weight is 472 g/mol. The summed E-state index contributed by atoms with van der Waals surface area (Å²) < 4.78 is 44.4. The molecular formula is C25H24F3N3OS. The van der Waals surface area contributed by atoms with Gasteiger partial charge < -0.3 is 9.64 Å². The molecular weight excluding hydrogens is 447 g/mol. The molecule has 0 fully saturated rings. The third-order valence-electron chi connectivity index (χ3n) is 4.89. The van der Waals surface area contributed by atoms with Gasteiger partial charge in [0.2, 0.25) is 0 Å². The Labute approximate surface area is 195 Å². The highest BCUT2D eigenvalue weighted by Crippen LogP contribution is 2.34. The van der Waals surface area contributed by atoms with Gasteiger partial charge in [0.25, 0.3) is 0 Å². The molecule has 33 heavy (non-hydrogen) atoms. The Hall–Kier alpha value is -3.39. The normalized spacial score (nSPS) is 10.4. The number of hydrogen-bond donors (Lipinski definition) is 0. The highest BCUT2D eigenvalue weighted by Gasteiger charge is 2.18. The third kappa shape index (κ3) is 5.70. The molecule has 0 aliphatic heterocycles. The van der Waals surface area contributed by atoms with Gasteiger partial charge >= 0.3 is 0 Å². The van der Waals surface area contributed by atoms with Crippen molar-refractivity contribution in [3.63, 3.8) is 0 Å². The molecule has 4 aromatic rings. The number of alkyl halides is 1. The fourth-order valence-electron chi connectivity index (χ4n) is 3.21. The van der Waals surface area contributed by atoms with E-state index in [-0.39, 0.29) is 11.6 Å². The Bertz CT molecular complexity index is 1180. The summed E-state index contributed by atoms with van der Waals surface area (Å²) in [6, 6.07) is 20.6. The van der Waals surface area contributed by atoms with Gasteiger partial charge in [0.15, 0.2) is 5.16 Å². The van der Waals surface area contributed by atoms with E-state index in [1.165, 1.54) is 30.0 Å². The molecule has 4 nitrogen and oxygen atoms in total. The van der Waals surface area contributed by atoms with Crippen LogP contribution in [0.15, 0.2) is 84.1 Å². The zero-order chi connectivity index (χ0) is 23.8. The monoisotopic (exact) mass is 471 g/mol. The van der Waals surface area contributed by atoms with E-state index in [2.05, 4.69) is 4.98 Å². The molecule has 0 saturated heterocycles. The second kappa shape index (κ2) is 11.5. The van der Waals surface area contributed by atoms with Crippen molar-refractivity contribution in [1.29, 1.82) is 0 Å². The van der Waals surface area contributed by atoms with Crippen LogP contribution in [0.2, 0.25) is 0 Å². The Balaban J connectivity index is 0.00000149. The quantitative estimate of drug-likeness (QED) is 0.277. The van der Waals surface area contributed by atoms with Crippen LogP contribution in [0.5, 0.6) is 5.75 Å². The molecule has 1 heterocycles. The van der Waals surface area contributed by atoms with Crippen molar-refractivity contribution in [3.8, 4) is 11.4 Å². The molecule has 172 valence electrons. The molecule has 8 heteroatoms. The summed E-state index contributed by atoms with van der Waals surface area (Å²) in [5, 5.41) is 0.680. The summed E-state index contributed by atoms with van der Waals surface area (Å²) in [6.45, 7) is 0. The lowest BCUT2D eigenvalue weighted by Gasteiger charge is -2.22. The largest absolute Gasteiger partial charge is 0.497 e. The number of benzene rings is 3. The average Bonchev–Trinajstić information content (AvgIpc) is 3.28. The molecule has 0 amide bonds. The first-order valence-corrected chi connectivity index (χ1v) is 11.0. The van der Waals surface area contributed by atoms with Crippen LogP contribution < -0.4 is 9.64 Å². The molecule has 0 aliphatic rings. The van der Waals surface area contributed by atoms with Crippen LogP contribution in [0, 0.1) is 11.6 Å². The summed E-state index contributed by atoms with van der Waals surface area (Å²) in [5.41, 5.74) is 2.27. The number of ether oxygens (including phenoxy) is 1. The summed E-state index contributed by atoms with van der Waals surface area (Å²) in [5.74, 6) is 1.39. The van der Waals surface area contributed by atoms with Gasteiger partial charge in [-0.05, 0) is 48.0 Å². The first kappa shape index (κ1) is 24.3. The highest BCUT2D eigenvalue weighted by atomic mass is 32.2. The van der Waals surface area contributed by atoms with Gasteiger partial charge in [-0.2, -0.15) is 0 Å². The summed E-state index contributed by atoms with van der Waals surface area (Å²) >= 11 is 1.42. The van der Waals surface area contributed by atoms with Gasteiger partial charge in [-0.1, -0.05) is 36.0 Å². The number of anilines is 2. The van der Waals surface area contributed by atoms with Crippen molar-refractivity contribution in [2.24, 2.45) is 0 Å². The molecule has 0 spiro atoms. The number of nitrogens with zero attached hydrogens (tertiary/aromatic N) is 3. The molecule has 0 saturated carbocycles. The zero-order valence-electron chi connectivity index (χ0n) is 18.5. The minimum absolute atomic E-state index is 0.247. The smallest absolute Gasteiger partial charge is 0.174 e. The molecule has 3 aromatic carbocycles. The van der Waals surface area contributed by atoms with Gasteiger partial charge in [0.05, 0.1) is 20.5 Å². The first-order chi connectivity index (χ1) is 16.1. The van der Waals surface area contributed by atoms with Crippen LogP contribution in [0.3, 0.4) is 0 Å². The molecule has 0 atom stereocenters. The Morgan fingerprint density at radius 3 is 2.39 bits per heavy atom. The van der Waals surface area contributed by atoms with Crippen LogP contribution in [0.1, 0.15) is 5.56 Å². The van der Waals surface area contributed by atoms with Crippen molar-refractivity contribution in [2.75, 3.05) is 26.2 Å². The number of methoxy groups -OCH3 is 1. The number of aromatic nitrogens is 2. The van der Waals surface area contributed by atoms with E-state index >= 15 is 0 Å². The van der Waals surface area contributed by atoms with E-state index in [4.69, 9.17) is 4.74 Å². The molecule has 0 radical (unpaired) electrons. The van der Waals surface area contributed by atoms with Crippen molar-refractivity contribution < 1.29 is 17.9 Å². The van der Waals surface area contributed by atoms with E-state index in [1.54, 1.807) is 37.6 Å². The lowest BCUT2D eigenvalue weighted by atomic mass is 10.2. The highest BCUT2D eigenvalue weighted by molar-refractivity contribution is 7.98. The number of halogens is 3. The molecule has 4 rings (SSSR count). The SMILES string of the molecule is CF.COc1cccc(N(C)c2cnc(SCc3ccccc3F)n2-c2ccc(F)cc2)c1. The fraction of sp³-hybridized carbons (Fsp3) is 0.160. The summed E-state index contributed by atoms with van der Waals surface area (Å²) in [4.78, 5) is 6.56. The Morgan fingerprint density at radius 1 is 0.970 bits per heavy atom. The van der Waals surface area contributed by atoms with Gasteiger partial charge in [0.1, 0.15) is 23.2 Å². The van der Waals surface area contributed by atoms with E-state index < -0.39 is 0 Å². The fourth-order valence-corrected chi connectivity index (χ4v) is 4.18. The predicted molar refractivity (Wildman–Crippen MR) is 128 cm³/mol. The molecule has 0 N–H and O–H groups in total. The third-order valence-corrected chi connectivity index (χ3v) is 5.90. The molecule has 0 unspecified atom stereocenters. The van der Waals surface area contributed by atoms with E-state index in [0.717, 1.165) is 22.9 Å². The van der Waals surface area contributed by atoms with E-state index in [0.29, 0.717) is 23.7 Å².